The standard InChI is InChI=1S/C19H21NO6/c1-12(16-10-14(24-2)7-8-17(16)25-3)20-18(21)11-26-15-6-4-5-13(9-15)19(22)23/h4-10,12H,11H2,1-3H3,(H,20,21)(H,22,23)/t12-/m0/s1. The van der Waals surface area contributed by atoms with Crippen molar-refractivity contribution in [1.82, 2.24) is 5.32 Å². The molecule has 0 aliphatic rings. The predicted molar refractivity (Wildman–Crippen MR) is 95.0 cm³/mol. The molecule has 7 heteroatoms. The summed E-state index contributed by atoms with van der Waals surface area (Å²) in [6.07, 6.45) is 0. The number of aromatic carboxylic acids is 1. The zero-order valence-corrected chi connectivity index (χ0v) is 14.8. The van der Waals surface area contributed by atoms with Gasteiger partial charge in [-0.1, -0.05) is 6.07 Å². The number of rotatable bonds is 8. The van der Waals surface area contributed by atoms with E-state index in [1.165, 1.54) is 12.1 Å². The van der Waals surface area contributed by atoms with Crippen molar-refractivity contribution in [2.24, 2.45) is 0 Å². The molecule has 2 aromatic rings. The van der Waals surface area contributed by atoms with E-state index in [0.29, 0.717) is 17.2 Å². The molecule has 2 rings (SSSR count). The van der Waals surface area contributed by atoms with Crippen molar-refractivity contribution < 1.29 is 28.9 Å². The molecule has 2 aromatic carbocycles. The van der Waals surface area contributed by atoms with Crippen LogP contribution in [-0.4, -0.2) is 37.8 Å². The van der Waals surface area contributed by atoms with E-state index in [2.05, 4.69) is 5.32 Å². The molecule has 1 amide bonds. The second kappa shape index (κ2) is 8.75. The topological polar surface area (TPSA) is 94.1 Å². The van der Waals surface area contributed by atoms with E-state index in [1.54, 1.807) is 44.6 Å². The lowest BCUT2D eigenvalue weighted by Gasteiger charge is -2.18. The maximum absolute atomic E-state index is 12.1. The Morgan fingerprint density at radius 1 is 1.08 bits per heavy atom. The van der Waals surface area contributed by atoms with Crippen LogP contribution in [0.15, 0.2) is 42.5 Å². The molecule has 0 heterocycles. The summed E-state index contributed by atoms with van der Waals surface area (Å²) in [6, 6.07) is 11.0. The summed E-state index contributed by atoms with van der Waals surface area (Å²) in [6.45, 7) is 1.58. The largest absolute Gasteiger partial charge is 0.497 e. The highest BCUT2D eigenvalue weighted by Gasteiger charge is 2.16. The molecule has 0 saturated carbocycles. The van der Waals surface area contributed by atoms with Crippen molar-refractivity contribution in [1.29, 1.82) is 0 Å². The summed E-state index contributed by atoms with van der Waals surface area (Å²) in [4.78, 5) is 23.1. The lowest BCUT2D eigenvalue weighted by atomic mass is 10.1. The molecule has 1 atom stereocenters. The van der Waals surface area contributed by atoms with E-state index in [-0.39, 0.29) is 24.1 Å². The van der Waals surface area contributed by atoms with Crippen LogP contribution in [-0.2, 0) is 4.79 Å². The molecular formula is C19H21NO6. The molecule has 0 saturated heterocycles. The van der Waals surface area contributed by atoms with Crippen LogP contribution in [0.3, 0.4) is 0 Å². The zero-order valence-electron chi connectivity index (χ0n) is 14.8. The van der Waals surface area contributed by atoms with Gasteiger partial charge in [-0.2, -0.15) is 0 Å². The van der Waals surface area contributed by atoms with Crippen molar-refractivity contribution in [3.63, 3.8) is 0 Å². The fourth-order valence-electron chi connectivity index (χ4n) is 2.41. The van der Waals surface area contributed by atoms with Crippen LogP contribution in [0.4, 0.5) is 0 Å². The number of benzene rings is 2. The summed E-state index contributed by atoms with van der Waals surface area (Å²) < 4.78 is 15.9. The van der Waals surface area contributed by atoms with Crippen LogP contribution < -0.4 is 19.5 Å². The normalized spacial score (nSPS) is 11.3. The van der Waals surface area contributed by atoms with E-state index in [9.17, 15) is 9.59 Å². The second-order valence-corrected chi connectivity index (χ2v) is 5.52. The summed E-state index contributed by atoms with van der Waals surface area (Å²) in [5.41, 5.74) is 0.866. The van der Waals surface area contributed by atoms with Gasteiger partial charge in [-0.3, -0.25) is 4.79 Å². The first-order valence-corrected chi connectivity index (χ1v) is 7.92. The van der Waals surface area contributed by atoms with Gasteiger partial charge >= 0.3 is 5.97 Å². The number of carbonyl (C=O) groups is 2. The Kier molecular flexibility index (Phi) is 6.43. The van der Waals surface area contributed by atoms with Crippen LogP contribution in [0.2, 0.25) is 0 Å². The van der Waals surface area contributed by atoms with E-state index >= 15 is 0 Å². The lowest BCUT2D eigenvalue weighted by molar-refractivity contribution is -0.123. The minimum absolute atomic E-state index is 0.0948. The highest BCUT2D eigenvalue weighted by atomic mass is 16.5. The smallest absolute Gasteiger partial charge is 0.335 e. The van der Waals surface area contributed by atoms with Gasteiger partial charge in [0.25, 0.3) is 5.91 Å². The van der Waals surface area contributed by atoms with Gasteiger partial charge in [0, 0.05) is 5.56 Å². The number of ether oxygens (including phenoxy) is 3. The Morgan fingerprint density at radius 3 is 2.50 bits per heavy atom. The van der Waals surface area contributed by atoms with E-state index in [4.69, 9.17) is 19.3 Å². The first-order chi connectivity index (χ1) is 12.4. The number of nitrogens with one attached hydrogen (secondary N) is 1. The van der Waals surface area contributed by atoms with Crippen molar-refractivity contribution in [3.8, 4) is 17.2 Å². The Bertz CT molecular complexity index is 789. The van der Waals surface area contributed by atoms with Crippen LogP contribution >= 0.6 is 0 Å². The van der Waals surface area contributed by atoms with E-state index < -0.39 is 5.97 Å². The summed E-state index contributed by atoms with van der Waals surface area (Å²) >= 11 is 0. The molecule has 0 bridgehead atoms. The van der Waals surface area contributed by atoms with Gasteiger partial charge in [-0.25, -0.2) is 4.79 Å². The fourth-order valence-corrected chi connectivity index (χ4v) is 2.41. The molecule has 0 unspecified atom stereocenters. The fraction of sp³-hybridized carbons (Fsp3) is 0.263. The van der Waals surface area contributed by atoms with Crippen LogP contribution in [0.5, 0.6) is 17.2 Å². The predicted octanol–water partition coefficient (Wildman–Crippen LogP) is 2.66. The van der Waals surface area contributed by atoms with Gasteiger partial charge in [0.05, 0.1) is 25.8 Å². The number of carbonyl (C=O) groups excluding carboxylic acids is 1. The highest BCUT2D eigenvalue weighted by Crippen LogP contribution is 2.29. The van der Waals surface area contributed by atoms with Gasteiger partial charge < -0.3 is 24.6 Å². The average molecular weight is 359 g/mol. The molecule has 0 aliphatic carbocycles. The van der Waals surface area contributed by atoms with Crippen LogP contribution in [0.25, 0.3) is 0 Å². The number of carboxylic acid groups (broad SMARTS) is 1. The number of methoxy groups -OCH3 is 2. The molecule has 0 aliphatic heterocycles. The number of hydrogen-bond acceptors (Lipinski definition) is 5. The van der Waals surface area contributed by atoms with Crippen molar-refractivity contribution >= 4 is 11.9 Å². The zero-order chi connectivity index (χ0) is 19.1. The van der Waals surface area contributed by atoms with Gasteiger partial charge in [0.2, 0.25) is 0 Å². The third-order valence-corrected chi connectivity index (χ3v) is 3.73. The molecule has 26 heavy (non-hydrogen) atoms. The lowest BCUT2D eigenvalue weighted by Crippen LogP contribution is -2.31. The average Bonchev–Trinajstić information content (AvgIpc) is 2.65. The Hall–Kier alpha value is -3.22. The number of carboxylic acids is 1. The number of amides is 1. The van der Waals surface area contributed by atoms with E-state index in [0.717, 1.165) is 5.56 Å². The monoisotopic (exact) mass is 359 g/mol. The maximum atomic E-state index is 12.1. The van der Waals surface area contributed by atoms with Gasteiger partial charge in [-0.05, 0) is 43.3 Å². The summed E-state index contributed by atoms with van der Waals surface area (Å²) in [5, 5.41) is 11.8. The molecule has 0 spiro atoms. The summed E-state index contributed by atoms with van der Waals surface area (Å²) in [5.74, 6) is 0.200. The van der Waals surface area contributed by atoms with Crippen molar-refractivity contribution in [3.05, 3.63) is 53.6 Å². The second-order valence-electron chi connectivity index (χ2n) is 5.52. The minimum Gasteiger partial charge on any atom is -0.497 e. The quantitative estimate of drug-likeness (QED) is 0.753. The SMILES string of the molecule is COc1ccc(OC)c([C@H](C)NC(=O)COc2cccc(C(=O)O)c2)c1. The minimum atomic E-state index is -1.06. The third kappa shape index (κ3) is 4.89. The molecule has 0 fully saturated rings. The van der Waals surface area contributed by atoms with Gasteiger partial charge in [-0.15, -0.1) is 0 Å². The van der Waals surface area contributed by atoms with E-state index in [1.807, 2.05) is 6.92 Å². The third-order valence-electron chi connectivity index (χ3n) is 3.73. The van der Waals surface area contributed by atoms with Crippen LogP contribution in [0.1, 0.15) is 28.9 Å². The molecule has 0 radical (unpaired) electrons. The molecular weight excluding hydrogens is 338 g/mol. The van der Waals surface area contributed by atoms with Gasteiger partial charge in [0.1, 0.15) is 17.2 Å². The van der Waals surface area contributed by atoms with Crippen LogP contribution in [0, 0.1) is 0 Å². The maximum Gasteiger partial charge on any atom is 0.335 e. The molecule has 7 nitrogen and oxygen atoms in total. The Balaban J connectivity index is 1.99. The van der Waals surface area contributed by atoms with Gasteiger partial charge in [0.15, 0.2) is 6.61 Å². The molecule has 138 valence electrons. The Labute approximate surface area is 151 Å². The van der Waals surface area contributed by atoms with Crippen molar-refractivity contribution in [2.45, 2.75) is 13.0 Å². The Morgan fingerprint density at radius 2 is 1.85 bits per heavy atom. The highest BCUT2D eigenvalue weighted by molar-refractivity contribution is 5.88. The summed E-state index contributed by atoms with van der Waals surface area (Å²) in [7, 11) is 3.12. The first kappa shape index (κ1) is 19.1. The molecule has 0 aromatic heterocycles. The molecule has 2 N–H and O–H groups in total. The first-order valence-electron chi connectivity index (χ1n) is 7.92. The number of hydrogen-bond donors (Lipinski definition) is 2. The van der Waals surface area contributed by atoms with Crippen molar-refractivity contribution in [2.75, 3.05) is 20.8 Å².